The summed E-state index contributed by atoms with van der Waals surface area (Å²) in [6, 6.07) is 14.1. The van der Waals surface area contributed by atoms with Gasteiger partial charge in [0.2, 0.25) is 11.8 Å². The summed E-state index contributed by atoms with van der Waals surface area (Å²) < 4.78 is 27.7. The number of hydrogen-bond acceptors (Lipinski definition) is 7. The van der Waals surface area contributed by atoms with Crippen LogP contribution in [0.15, 0.2) is 65.0 Å². The standard InChI is InChI=1S/C26H27N5O4S2/c1-29-21-5-3-2-4-20(21)26(24(29)33)11-15-30(16-12-26)22-10-14-31(23(22)32)18-6-8-19(9-7-18)37(34,35)28-25-27-13-17-36-25/h2-9,13,17,22H,10-12,14-16H2,1H3,(H,27,28)/t22-/m0/s1. The van der Waals surface area contributed by atoms with Crippen molar-refractivity contribution in [2.75, 3.05) is 41.2 Å². The summed E-state index contributed by atoms with van der Waals surface area (Å²) in [7, 11) is -1.91. The van der Waals surface area contributed by atoms with Gasteiger partial charge in [0.05, 0.1) is 16.4 Å². The van der Waals surface area contributed by atoms with Crippen LogP contribution < -0.4 is 14.5 Å². The number of aromatic nitrogens is 1. The summed E-state index contributed by atoms with van der Waals surface area (Å²) >= 11 is 1.21. The molecule has 2 amide bonds. The Hall–Kier alpha value is -3.28. The molecule has 37 heavy (non-hydrogen) atoms. The minimum Gasteiger partial charge on any atom is -0.314 e. The number of benzene rings is 2. The zero-order chi connectivity index (χ0) is 25.8. The lowest BCUT2D eigenvalue weighted by Crippen LogP contribution is -2.52. The molecule has 6 rings (SSSR count). The highest BCUT2D eigenvalue weighted by Gasteiger charge is 2.52. The van der Waals surface area contributed by atoms with Crippen molar-refractivity contribution in [3.05, 3.63) is 65.7 Å². The molecular weight excluding hydrogens is 510 g/mol. The van der Waals surface area contributed by atoms with Crippen molar-refractivity contribution in [3.8, 4) is 0 Å². The number of hydrogen-bond donors (Lipinski definition) is 1. The molecule has 2 fully saturated rings. The fraction of sp³-hybridized carbons (Fsp3) is 0.346. The molecule has 1 N–H and O–H groups in total. The molecule has 9 nitrogen and oxygen atoms in total. The monoisotopic (exact) mass is 537 g/mol. The van der Waals surface area contributed by atoms with Gasteiger partial charge in [-0.05, 0) is 55.2 Å². The minimum absolute atomic E-state index is 0.0164. The van der Waals surface area contributed by atoms with Gasteiger partial charge in [-0.25, -0.2) is 13.4 Å². The second-order valence-corrected chi connectivity index (χ2v) is 12.3. The van der Waals surface area contributed by atoms with E-state index in [1.54, 1.807) is 27.3 Å². The average molecular weight is 538 g/mol. The van der Waals surface area contributed by atoms with Gasteiger partial charge < -0.3 is 9.80 Å². The van der Waals surface area contributed by atoms with Crippen molar-refractivity contribution < 1.29 is 18.0 Å². The zero-order valence-electron chi connectivity index (χ0n) is 20.3. The molecule has 0 radical (unpaired) electrons. The minimum atomic E-state index is -3.75. The first-order chi connectivity index (χ1) is 17.8. The number of likely N-dealkylation sites (tertiary alicyclic amines) is 1. The van der Waals surface area contributed by atoms with Gasteiger partial charge in [0.25, 0.3) is 10.0 Å². The number of nitrogens with one attached hydrogen (secondary N) is 1. The predicted molar refractivity (Wildman–Crippen MR) is 142 cm³/mol. The number of sulfonamides is 1. The number of carbonyl (C=O) groups is 2. The maximum absolute atomic E-state index is 13.4. The molecule has 3 aromatic rings. The van der Waals surface area contributed by atoms with E-state index < -0.39 is 15.4 Å². The highest BCUT2D eigenvalue weighted by molar-refractivity contribution is 7.93. The Labute approximate surface area is 219 Å². The summed E-state index contributed by atoms with van der Waals surface area (Å²) in [4.78, 5) is 36.4. The van der Waals surface area contributed by atoms with E-state index in [0.717, 1.165) is 11.3 Å². The van der Waals surface area contributed by atoms with E-state index in [4.69, 9.17) is 0 Å². The van der Waals surface area contributed by atoms with Crippen LogP contribution in [0, 0.1) is 0 Å². The SMILES string of the molecule is CN1C(=O)C2(CCN([C@H]3CCN(c4ccc(S(=O)(=O)Nc5nccs5)cc4)C3=O)CC2)c2ccccc21. The van der Waals surface area contributed by atoms with Crippen LogP contribution in [0.3, 0.4) is 0 Å². The normalized spacial score (nSPS) is 21.6. The van der Waals surface area contributed by atoms with E-state index in [-0.39, 0.29) is 22.8 Å². The molecule has 3 aliphatic heterocycles. The molecule has 192 valence electrons. The maximum atomic E-state index is 13.4. The van der Waals surface area contributed by atoms with E-state index in [1.807, 2.05) is 25.2 Å². The molecule has 3 aliphatic rings. The highest BCUT2D eigenvalue weighted by atomic mass is 32.2. The number of amides is 2. The van der Waals surface area contributed by atoms with Crippen molar-refractivity contribution in [3.63, 3.8) is 0 Å². The van der Waals surface area contributed by atoms with Crippen LogP contribution in [0.25, 0.3) is 0 Å². The smallest absolute Gasteiger partial charge is 0.263 e. The number of carbonyl (C=O) groups excluding carboxylic acids is 2. The summed E-state index contributed by atoms with van der Waals surface area (Å²) in [5.41, 5.74) is 2.25. The lowest BCUT2D eigenvalue weighted by Gasteiger charge is -2.40. The van der Waals surface area contributed by atoms with E-state index in [9.17, 15) is 18.0 Å². The van der Waals surface area contributed by atoms with E-state index in [0.29, 0.717) is 49.7 Å². The lowest BCUT2D eigenvalue weighted by molar-refractivity contribution is -0.126. The molecule has 1 aromatic heterocycles. The summed E-state index contributed by atoms with van der Waals surface area (Å²) in [6.07, 6.45) is 3.61. The van der Waals surface area contributed by atoms with Crippen LogP contribution in [-0.2, 0) is 25.0 Å². The second-order valence-electron chi connectivity index (χ2n) is 9.73. The fourth-order valence-corrected chi connectivity index (χ4v) is 7.72. The largest absolute Gasteiger partial charge is 0.314 e. The summed E-state index contributed by atoms with van der Waals surface area (Å²) in [6.45, 7) is 1.93. The first-order valence-electron chi connectivity index (χ1n) is 12.3. The van der Waals surface area contributed by atoms with Gasteiger partial charge in [0.15, 0.2) is 5.13 Å². The van der Waals surface area contributed by atoms with Gasteiger partial charge >= 0.3 is 0 Å². The molecule has 0 unspecified atom stereocenters. The van der Waals surface area contributed by atoms with Crippen LogP contribution in [-0.4, -0.2) is 62.8 Å². The molecule has 0 saturated carbocycles. The molecule has 1 spiro atoms. The topological polar surface area (TPSA) is 103 Å². The number of thiazole rings is 1. The Morgan fingerprint density at radius 3 is 2.46 bits per heavy atom. The van der Waals surface area contributed by atoms with Gasteiger partial charge in [-0.1, -0.05) is 18.2 Å². The highest BCUT2D eigenvalue weighted by Crippen LogP contribution is 2.47. The Morgan fingerprint density at radius 1 is 1.03 bits per heavy atom. The van der Waals surface area contributed by atoms with Crippen molar-refractivity contribution >= 4 is 49.7 Å². The number of anilines is 3. The third-order valence-corrected chi connectivity index (χ3v) is 10.0. The lowest BCUT2D eigenvalue weighted by atomic mass is 9.73. The van der Waals surface area contributed by atoms with Crippen molar-refractivity contribution in [2.45, 2.75) is 35.6 Å². The Bertz CT molecular complexity index is 1450. The van der Waals surface area contributed by atoms with Gasteiger partial charge in [-0.2, -0.15) is 0 Å². The van der Waals surface area contributed by atoms with Crippen LogP contribution in [0.5, 0.6) is 0 Å². The zero-order valence-corrected chi connectivity index (χ0v) is 22.0. The molecule has 0 bridgehead atoms. The maximum Gasteiger partial charge on any atom is 0.263 e. The number of piperidine rings is 1. The quantitative estimate of drug-likeness (QED) is 0.537. The molecule has 11 heteroatoms. The van der Waals surface area contributed by atoms with Crippen LogP contribution >= 0.6 is 11.3 Å². The van der Waals surface area contributed by atoms with Gasteiger partial charge in [-0.15, -0.1) is 11.3 Å². The molecule has 2 saturated heterocycles. The summed E-state index contributed by atoms with van der Waals surface area (Å²) in [5.74, 6) is 0.162. The number of likely N-dealkylation sites (N-methyl/N-ethyl adjacent to an activating group) is 1. The number of nitrogens with zero attached hydrogens (tertiary/aromatic N) is 4. The molecule has 2 aromatic carbocycles. The van der Waals surface area contributed by atoms with Crippen LogP contribution in [0.1, 0.15) is 24.8 Å². The van der Waals surface area contributed by atoms with Gasteiger partial charge in [0, 0.05) is 49.6 Å². The number of para-hydroxylation sites is 1. The Balaban J connectivity index is 1.13. The third-order valence-electron chi connectivity index (χ3n) is 7.88. The third kappa shape index (κ3) is 3.92. The molecule has 0 aliphatic carbocycles. The molecule has 4 heterocycles. The fourth-order valence-electron chi connectivity index (χ4n) is 5.93. The summed E-state index contributed by atoms with van der Waals surface area (Å²) in [5, 5.41) is 2.00. The van der Waals surface area contributed by atoms with E-state index in [1.165, 1.54) is 29.7 Å². The van der Waals surface area contributed by atoms with Crippen molar-refractivity contribution in [1.29, 1.82) is 0 Å². The van der Waals surface area contributed by atoms with Gasteiger partial charge in [-0.3, -0.25) is 19.2 Å². The van der Waals surface area contributed by atoms with Crippen LogP contribution in [0.2, 0.25) is 0 Å². The first kappa shape index (κ1) is 24.1. The average Bonchev–Trinajstić information content (AvgIpc) is 3.61. The van der Waals surface area contributed by atoms with Crippen molar-refractivity contribution in [1.82, 2.24) is 9.88 Å². The predicted octanol–water partition coefficient (Wildman–Crippen LogP) is 3.06. The Kier molecular flexibility index (Phi) is 5.81. The molecular formula is C26H27N5O4S2. The van der Waals surface area contributed by atoms with Crippen LogP contribution in [0.4, 0.5) is 16.5 Å². The number of fused-ring (bicyclic) bond motifs is 2. The van der Waals surface area contributed by atoms with Crippen molar-refractivity contribution in [2.24, 2.45) is 0 Å². The number of rotatable bonds is 5. The Morgan fingerprint density at radius 2 is 1.76 bits per heavy atom. The van der Waals surface area contributed by atoms with E-state index >= 15 is 0 Å². The second kappa shape index (κ2) is 8.93. The first-order valence-corrected chi connectivity index (χ1v) is 14.6. The van der Waals surface area contributed by atoms with E-state index in [2.05, 4.69) is 20.7 Å². The molecule has 1 atom stereocenters. The van der Waals surface area contributed by atoms with Gasteiger partial charge in [0.1, 0.15) is 0 Å².